The molecule has 0 saturated carbocycles. The smallest absolute Gasteiger partial charge is 0.343 e. The molecule has 0 aliphatic carbocycles. The van der Waals surface area contributed by atoms with Crippen molar-refractivity contribution in [2.45, 2.75) is 32.9 Å². The Morgan fingerprint density at radius 1 is 1.35 bits per heavy atom. The van der Waals surface area contributed by atoms with E-state index in [1.54, 1.807) is 13.8 Å². The lowest BCUT2D eigenvalue weighted by molar-refractivity contribution is -0.146. The summed E-state index contributed by atoms with van der Waals surface area (Å²) in [5.41, 5.74) is 1.84. The van der Waals surface area contributed by atoms with Gasteiger partial charge in [0.05, 0.1) is 12.2 Å². The second kappa shape index (κ2) is 5.90. The van der Waals surface area contributed by atoms with Gasteiger partial charge in [0.1, 0.15) is 0 Å². The molecular formula is C13H16N2O2. The molecule has 1 N–H and O–H groups in total. The number of nitriles is 1. The number of hydrogen-bond acceptors (Lipinski definition) is 4. The number of ether oxygens (including phenoxy) is 1. The molecule has 1 atom stereocenters. The molecule has 1 unspecified atom stereocenters. The second-order valence-corrected chi connectivity index (χ2v) is 4.06. The van der Waals surface area contributed by atoms with Crippen molar-refractivity contribution in [1.29, 1.82) is 5.26 Å². The van der Waals surface area contributed by atoms with E-state index >= 15 is 0 Å². The molecule has 90 valence electrons. The van der Waals surface area contributed by atoms with Gasteiger partial charge in [0.15, 0.2) is 0 Å². The standard InChI is InChI=1S/C13H16N2O2/c1-9(2)17-13(16)12(8-14)15-11-6-4-10(3)5-7-11/h4-7,9,12,15H,1-3H3. The summed E-state index contributed by atoms with van der Waals surface area (Å²) in [6, 6.07) is 8.37. The zero-order valence-corrected chi connectivity index (χ0v) is 10.2. The molecular weight excluding hydrogens is 216 g/mol. The summed E-state index contributed by atoms with van der Waals surface area (Å²) in [7, 11) is 0. The van der Waals surface area contributed by atoms with Crippen molar-refractivity contribution in [3.05, 3.63) is 29.8 Å². The van der Waals surface area contributed by atoms with Crippen LogP contribution in [0.15, 0.2) is 24.3 Å². The van der Waals surface area contributed by atoms with Gasteiger partial charge in [0.25, 0.3) is 0 Å². The van der Waals surface area contributed by atoms with Crippen LogP contribution in [0, 0.1) is 18.3 Å². The van der Waals surface area contributed by atoms with Crippen LogP contribution in [0.3, 0.4) is 0 Å². The maximum Gasteiger partial charge on any atom is 0.343 e. The van der Waals surface area contributed by atoms with E-state index in [0.29, 0.717) is 0 Å². The van der Waals surface area contributed by atoms with Gasteiger partial charge in [-0.05, 0) is 32.9 Å². The minimum atomic E-state index is -0.972. The van der Waals surface area contributed by atoms with Gasteiger partial charge >= 0.3 is 5.97 Å². The van der Waals surface area contributed by atoms with Crippen LogP contribution in [0.1, 0.15) is 19.4 Å². The Hall–Kier alpha value is -2.02. The Bertz CT molecular complexity index is 418. The Morgan fingerprint density at radius 2 is 1.94 bits per heavy atom. The van der Waals surface area contributed by atoms with E-state index in [4.69, 9.17) is 10.00 Å². The van der Waals surface area contributed by atoms with Crippen LogP contribution in [-0.4, -0.2) is 18.1 Å². The lowest BCUT2D eigenvalue weighted by atomic mass is 10.2. The van der Waals surface area contributed by atoms with Gasteiger partial charge in [-0.1, -0.05) is 17.7 Å². The minimum absolute atomic E-state index is 0.224. The highest BCUT2D eigenvalue weighted by Gasteiger charge is 2.20. The molecule has 0 aliphatic heterocycles. The molecule has 0 aliphatic rings. The van der Waals surface area contributed by atoms with Gasteiger partial charge < -0.3 is 10.1 Å². The first-order valence-electron chi connectivity index (χ1n) is 5.46. The van der Waals surface area contributed by atoms with Crippen LogP contribution in [-0.2, 0) is 9.53 Å². The van der Waals surface area contributed by atoms with Crippen molar-refractivity contribution in [3.8, 4) is 6.07 Å². The second-order valence-electron chi connectivity index (χ2n) is 4.06. The van der Waals surface area contributed by atoms with E-state index in [2.05, 4.69) is 5.32 Å². The quantitative estimate of drug-likeness (QED) is 0.809. The molecule has 0 heterocycles. The number of carbonyl (C=O) groups is 1. The van der Waals surface area contributed by atoms with Gasteiger partial charge in [0, 0.05) is 5.69 Å². The Morgan fingerprint density at radius 3 is 2.41 bits per heavy atom. The molecule has 1 rings (SSSR count). The fraction of sp³-hybridized carbons (Fsp3) is 0.385. The highest BCUT2D eigenvalue weighted by Crippen LogP contribution is 2.10. The summed E-state index contributed by atoms with van der Waals surface area (Å²) in [6.07, 6.45) is -0.224. The summed E-state index contributed by atoms with van der Waals surface area (Å²) < 4.78 is 4.98. The number of nitrogens with one attached hydrogen (secondary N) is 1. The first-order valence-corrected chi connectivity index (χ1v) is 5.46. The molecule has 4 nitrogen and oxygen atoms in total. The largest absolute Gasteiger partial charge is 0.461 e. The highest BCUT2D eigenvalue weighted by atomic mass is 16.5. The zero-order chi connectivity index (χ0) is 12.8. The third-order valence-corrected chi connectivity index (χ3v) is 2.08. The van der Waals surface area contributed by atoms with Crippen LogP contribution < -0.4 is 5.32 Å². The number of hydrogen-bond donors (Lipinski definition) is 1. The number of anilines is 1. The van der Waals surface area contributed by atoms with E-state index in [0.717, 1.165) is 11.3 Å². The maximum atomic E-state index is 11.5. The Labute approximate surface area is 101 Å². The lowest BCUT2D eigenvalue weighted by Gasteiger charge is -2.14. The Balaban J connectivity index is 2.67. The molecule has 0 radical (unpaired) electrons. The van der Waals surface area contributed by atoms with Crippen LogP contribution in [0.25, 0.3) is 0 Å². The molecule has 0 spiro atoms. The molecule has 0 bridgehead atoms. The lowest BCUT2D eigenvalue weighted by Crippen LogP contribution is -2.31. The summed E-state index contributed by atoms with van der Waals surface area (Å²) >= 11 is 0. The first kappa shape index (κ1) is 13.0. The monoisotopic (exact) mass is 232 g/mol. The number of aryl methyl sites for hydroxylation is 1. The van der Waals surface area contributed by atoms with Crippen LogP contribution in [0.2, 0.25) is 0 Å². The van der Waals surface area contributed by atoms with Crippen LogP contribution >= 0.6 is 0 Å². The topological polar surface area (TPSA) is 62.1 Å². The van der Waals surface area contributed by atoms with E-state index in [9.17, 15) is 4.79 Å². The van der Waals surface area contributed by atoms with E-state index in [-0.39, 0.29) is 6.10 Å². The van der Waals surface area contributed by atoms with Gasteiger partial charge in [-0.15, -0.1) is 0 Å². The molecule has 0 fully saturated rings. The average molecular weight is 232 g/mol. The van der Waals surface area contributed by atoms with Crippen molar-refractivity contribution in [2.24, 2.45) is 0 Å². The third kappa shape index (κ3) is 4.15. The van der Waals surface area contributed by atoms with Crippen LogP contribution in [0.5, 0.6) is 0 Å². The highest BCUT2D eigenvalue weighted by molar-refractivity contribution is 5.82. The van der Waals surface area contributed by atoms with E-state index < -0.39 is 12.0 Å². The number of esters is 1. The summed E-state index contributed by atoms with van der Waals surface area (Å²) in [5.74, 6) is -0.553. The minimum Gasteiger partial charge on any atom is -0.461 e. The predicted octanol–water partition coefficient (Wildman–Crippen LogP) is 2.25. The van der Waals surface area contributed by atoms with Gasteiger partial charge in [0.2, 0.25) is 6.04 Å². The molecule has 4 heteroatoms. The third-order valence-electron chi connectivity index (χ3n) is 2.08. The molecule has 1 aromatic carbocycles. The molecule has 0 aromatic heterocycles. The molecule has 1 aromatic rings. The molecule has 17 heavy (non-hydrogen) atoms. The predicted molar refractivity (Wildman–Crippen MR) is 65.4 cm³/mol. The van der Waals surface area contributed by atoms with Crippen LogP contribution in [0.4, 0.5) is 5.69 Å². The van der Waals surface area contributed by atoms with E-state index in [1.165, 1.54) is 0 Å². The number of nitrogens with zero attached hydrogens (tertiary/aromatic N) is 1. The number of benzene rings is 1. The van der Waals surface area contributed by atoms with Crippen molar-refractivity contribution >= 4 is 11.7 Å². The number of carbonyl (C=O) groups excluding carboxylic acids is 1. The fourth-order valence-electron chi connectivity index (χ4n) is 1.26. The average Bonchev–Trinajstić information content (AvgIpc) is 2.27. The zero-order valence-electron chi connectivity index (χ0n) is 10.2. The summed E-state index contributed by atoms with van der Waals surface area (Å²) in [5, 5.41) is 11.7. The SMILES string of the molecule is Cc1ccc(NC(C#N)C(=O)OC(C)C)cc1. The normalized spacial score (nSPS) is 11.7. The summed E-state index contributed by atoms with van der Waals surface area (Å²) in [4.78, 5) is 11.5. The fourth-order valence-corrected chi connectivity index (χ4v) is 1.26. The van der Waals surface area contributed by atoms with E-state index in [1.807, 2.05) is 37.3 Å². The molecule has 0 saturated heterocycles. The van der Waals surface area contributed by atoms with Gasteiger partial charge in [-0.2, -0.15) is 5.26 Å². The maximum absolute atomic E-state index is 11.5. The van der Waals surface area contributed by atoms with Gasteiger partial charge in [-0.3, -0.25) is 0 Å². The molecule has 0 amide bonds. The van der Waals surface area contributed by atoms with Crippen molar-refractivity contribution in [1.82, 2.24) is 0 Å². The van der Waals surface area contributed by atoms with Crippen molar-refractivity contribution < 1.29 is 9.53 Å². The van der Waals surface area contributed by atoms with Crippen molar-refractivity contribution in [2.75, 3.05) is 5.32 Å². The van der Waals surface area contributed by atoms with Gasteiger partial charge in [-0.25, -0.2) is 4.79 Å². The van der Waals surface area contributed by atoms with Crippen molar-refractivity contribution in [3.63, 3.8) is 0 Å². The first-order chi connectivity index (χ1) is 8.02. The summed E-state index contributed by atoms with van der Waals surface area (Å²) in [6.45, 7) is 5.47. The number of rotatable bonds is 4. The Kier molecular flexibility index (Phi) is 4.53.